The lowest BCUT2D eigenvalue weighted by molar-refractivity contribution is 0.751. The number of rotatable bonds is 3. The van der Waals surface area contributed by atoms with Crippen LogP contribution < -0.4 is 5.32 Å². The topological polar surface area (TPSA) is 66.5 Å². The summed E-state index contributed by atoms with van der Waals surface area (Å²) in [5.41, 5.74) is 0.810. The van der Waals surface area contributed by atoms with Crippen LogP contribution in [0.15, 0.2) is 11.4 Å². The summed E-state index contributed by atoms with van der Waals surface area (Å²) in [6.07, 6.45) is 8.69. The Kier molecular flexibility index (Phi) is 2.88. The van der Waals surface area contributed by atoms with Crippen LogP contribution in [-0.4, -0.2) is 32.5 Å². The predicted molar refractivity (Wildman–Crippen MR) is 69.3 cm³/mol. The fraction of sp³-hybridized carbons (Fsp3) is 0.545. The zero-order valence-electron chi connectivity index (χ0n) is 9.73. The average Bonchev–Trinajstić information content (AvgIpc) is 2.97. The Hall–Kier alpha value is -1.30. The summed E-state index contributed by atoms with van der Waals surface area (Å²) in [5.74, 6) is 0.917. The maximum atomic E-state index is 4.36. The molecule has 17 heavy (non-hydrogen) atoms. The molecule has 3 rings (SSSR count). The Balaban J connectivity index is 1.99. The Morgan fingerprint density at radius 2 is 2.18 bits per heavy atom. The molecule has 0 bridgehead atoms. The molecule has 1 fully saturated rings. The van der Waals surface area contributed by atoms with Crippen molar-refractivity contribution < 1.29 is 0 Å². The maximum absolute atomic E-state index is 4.36. The first kappa shape index (κ1) is 10.8. The third-order valence-corrected chi connectivity index (χ3v) is 3.90. The second-order valence-corrected chi connectivity index (χ2v) is 5.10. The van der Waals surface area contributed by atoms with Crippen LogP contribution >= 0.6 is 11.8 Å². The lowest BCUT2D eigenvalue weighted by Crippen LogP contribution is -2.15. The standard InChI is InChI=1S/C11H15N5S/c1-17-11-8-9(14-7-4-2-3-5-7)12-6-13-10(8)15-16-11/h6-7H,2-5H2,1H3,(H2,12,13,14,15,16). The molecule has 2 aromatic rings. The van der Waals surface area contributed by atoms with Crippen molar-refractivity contribution >= 4 is 28.6 Å². The molecular weight excluding hydrogens is 234 g/mol. The van der Waals surface area contributed by atoms with E-state index in [9.17, 15) is 0 Å². The number of aromatic amines is 1. The Bertz CT molecular complexity index is 518. The summed E-state index contributed by atoms with van der Waals surface area (Å²) in [6.45, 7) is 0. The number of hydrogen-bond donors (Lipinski definition) is 2. The molecular formula is C11H15N5S. The molecule has 0 unspecified atom stereocenters. The summed E-state index contributed by atoms with van der Waals surface area (Å²) in [4.78, 5) is 8.56. The van der Waals surface area contributed by atoms with Gasteiger partial charge in [0.1, 0.15) is 17.2 Å². The van der Waals surface area contributed by atoms with Gasteiger partial charge in [-0.2, -0.15) is 5.10 Å². The molecule has 1 aliphatic carbocycles. The van der Waals surface area contributed by atoms with Gasteiger partial charge in [-0.25, -0.2) is 9.97 Å². The van der Waals surface area contributed by atoms with Crippen LogP contribution in [0.3, 0.4) is 0 Å². The predicted octanol–water partition coefficient (Wildman–Crippen LogP) is 2.43. The van der Waals surface area contributed by atoms with Crippen LogP contribution in [0.5, 0.6) is 0 Å². The highest BCUT2D eigenvalue weighted by atomic mass is 32.2. The number of aromatic nitrogens is 4. The molecule has 6 heteroatoms. The minimum absolute atomic E-state index is 0.553. The van der Waals surface area contributed by atoms with Gasteiger partial charge in [0.15, 0.2) is 5.65 Å². The normalized spacial score (nSPS) is 16.8. The monoisotopic (exact) mass is 249 g/mol. The SMILES string of the molecule is CSc1n[nH]c2ncnc(NC3CCCC3)c12. The van der Waals surface area contributed by atoms with Gasteiger partial charge in [0.05, 0.1) is 5.39 Å². The molecule has 2 heterocycles. The first-order chi connectivity index (χ1) is 8.38. The van der Waals surface area contributed by atoms with Gasteiger partial charge in [-0.3, -0.25) is 5.10 Å². The van der Waals surface area contributed by atoms with Gasteiger partial charge >= 0.3 is 0 Å². The smallest absolute Gasteiger partial charge is 0.161 e. The highest BCUT2D eigenvalue weighted by Crippen LogP contribution is 2.29. The van der Waals surface area contributed by atoms with Crippen molar-refractivity contribution in [3.05, 3.63) is 6.33 Å². The Labute approximate surface area is 104 Å². The van der Waals surface area contributed by atoms with Gasteiger partial charge in [0.2, 0.25) is 0 Å². The number of thioether (sulfide) groups is 1. The average molecular weight is 249 g/mol. The van der Waals surface area contributed by atoms with E-state index in [4.69, 9.17) is 0 Å². The molecule has 2 aromatic heterocycles. The number of hydrogen-bond acceptors (Lipinski definition) is 5. The van der Waals surface area contributed by atoms with Crippen molar-refractivity contribution in [2.45, 2.75) is 36.8 Å². The van der Waals surface area contributed by atoms with E-state index in [0.717, 1.165) is 21.9 Å². The third-order valence-electron chi connectivity index (χ3n) is 3.21. The number of H-pyrrole nitrogens is 1. The quantitative estimate of drug-likeness (QED) is 0.818. The molecule has 5 nitrogen and oxygen atoms in total. The fourth-order valence-electron chi connectivity index (χ4n) is 2.35. The van der Waals surface area contributed by atoms with Crippen LogP contribution in [0, 0.1) is 0 Å². The van der Waals surface area contributed by atoms with Gasteiger partial charge in [-0.15, -0.1) is 11.8 Å². The zero-order valence-corrected chi connectivity index (χ0v) is 10.5. The van der Waals surface area contributed by atoms with E-state index in [-0.39, 0.29) is 0 Å². The van der Waals surface area contributed by atoms with E-state index in [2.05, 4.69) is 25.5 Å². The van der Waals surface area contributed by atoms with Gasteiger partial charge in [-0.05, 0) is 19.1 Å². The number of anilines is 1. The first-order valence-corrected chi connectivity index (χ1v) is 7.10. The highest BCUT2D eigenvalue weighted by molar-refractivity contribution is 7.98. The molecule has 1 aliphatic rings. The fourth-order valence-corrected chi connectivity index (χ4v) is 2.89. The van der Waals surface area contributed by atoms with Crippen LogP contribution in [0.1, 0.15) is 25.7 Å². The van der Waals surface area contributed by atoms with Gasteiger partial charge in [-0.1, -0.05) is 12.8 Å². The molecule has 0 atom stereocenters. The van der Waals surface area contributed by atoms with Crippen molar-refractivity contribution in [2.75, 3.05) is 11.6 Å². The minimum atomic E-state index is 0.553. The largest absolute Gasteiger partial charge is 0.367 e. The zero-order chi connectivity index (χ0) is 11.7. The maximum Gasteiger partial charge on any atom is 0.161 e. The van der Waals surface area contributed by atoms with Crippen molar-refractivity contribution in [3.63, 3.8) is 0 Å². The summed E-state index contributed by atoms with van der Waals surface area (Å²) in [6, 6.07) is 0.553. The first-order valence-electron chi connectivity index (χ1n) is 5.88. The summed E-state index contributed by atoms with van der Waals surface area (Å²) in [5, 5.41) is 12.7. The van der Waals surface area contributed by atoms with Crippen LogP contribution in [-0.2, 0) is 0 Å². The van der Waals surface area contributed by atoms with E-state index in [1.807, 2.05) is 6.26 Å². The van der Waals surface area contributed by atoms with Crippen molar-refractivity contribution in [1.82, 2.24) is 20.2 Å². The Morgan fingerprint density at radius 3 is 2.94 bits per heavy atom. The molecule has 90 valence electrons. The lowest BCUT2D eigenvalue weighted by atomic mass is 10.2. The minimum Gasteiger partial charge on any atom is -0.367 e. The molecule has 0 aliphatic heterocycles. The summed E-state index contributed by atoms with van der Waals surface area (Å²) < 4.78 is 0. The van der Waals surface area contributed by atoms with Crippen molar-refractivity contribution in [1.29, 1.82) is 0 Å². The van der Waals surface area contributed by atoms with E-state index in [1.165, 1.54) is 25.7 Å². The lowest BCUT2D eigenvalue weighted by Gasteiger charge is -2.12. The molecule has 2 N–H and O–H groups in total. The third kappa shape index (κ3) is 1.97. The second-order valence-electron chi connectivity index (χ2n) is 4.30. The van der Waals surface area contributed by atoms with E-state index in [1.54, 1.807) is 18.1 Å². The summed E-state index contributed by atoms with van der Waals surface area (Å²) >= 11 is 1.61. The summed E-state index contributed by atoms with van der Waals surface area (Å²) in [7, 11) is 0. The number of fused-ring (bicyclic) bond motifs is 1. The molecule has 0 amide bonds. The van der Waals surface area contributed by atoms with E-state index >= 15 is 0 Å². The van der Waals surface area contributed by atoms with Crippen molar-refractivity contribution in [3.8, 4) is 0 Å². The van der Waals surface area contributed by atoms with Gasteiger partial charge < -0.3 is 5.32 Å². The highest BCUT2D eigenvalue weighted by Gasteiger charge is 2.18. The molecule has 1 saturated carbocycles. The number of nitrogens with zero attached hydrogens (tertiary/aromatic N) is 3. The van der Waals surface area contributed by atoms with Crippen molar-refractivity contribution in [2.24, 2.45) is 0 Å². The van der Waals surface area contributed by atoms with Gasteiger partial charge in [0, 0.05) is 6.04 Å². The van der Waals surface area contributed by atoms with E-state index in [0.29, 0.717) is 6.04 Å². The Morgan fingerprint density at radius 1 is 1.35 bits per heavy atom. The molecule has 0 aromatic carbocycles. The molecule has 0 saturated heterocycles. The van der Waals surface area contributed by atoms with E-state index < -0.39 is 0 Å². The van der Waals surface area contributed by atoms with Crippen LogP contribution in [0.2, 0.25) is 0 Å². The second kappa shape index (κ2) is 4.52. The molecule has 0 radical (unpaired) electrons. The number of nitrogens with one attached hydrogen (secondary N) is 2. The van der Waals surface area contributed by atoms with Gasteiger partial charge in [0.25, 0.3) is 0 Å². The van der Waals surface area contributed by atoms with Crippen LogP contribution in [0.25, 0.3) is 11.0 Å². The molecule has 0 spiro atoms. The van der Waals surface area contributed by atoms with Crippen LogP contribution in [0.4, 0.5) is 5.82 Å².